The second-order valence-corrected chi connectivity index (χ2v) is 6.46. The van der Waals surface area contributed by atoms with Crippen LogP contribution >= 0.6 is 11.6 Å². The second kappa shape index (κ2) is 7.72. The van der Waals surface area contributed by atoms with Gasteiger partial charge in [-0.25, -0.2) is 4.68 Å². The number of rotatable bonds is 5. The van der Waals surface area contributed by atoms with Crippen LogP contribution in [0.15, 0.2) is 24.5 Å². The Bertz CT molecular complexity index is 690. The highest BCUT2D eigenvalue weighted by atomic mass is 35.5. The Balaban J connectivity index is 1.57. The molecule has 0 spiro atoms. The molecule has 1 aliphatic heterocycles. The highest BCUT2D eigenvalue weighted by Gasteiger charge is 2.18. The maximum Gasteiger partial charge on any atom is 0.252 e. The quantitative estimate of drug-likeness (QED) is 0.893. The van der Waals surface area contributed by atoms with Gasteiger partial charge < -0.3 is 5.32 Å². The molecule has 24 heavy (non-hydrogen) atoms. The zero-order valence-electron chi connectivity index (χ0n) is 13.7. The molecule has 1 saturated heterocycles. The molecule has 1 aromatic carbocycles. The first-order valence-electron chi connectivity index (χ1n) is 8.20. The van der Waals surface area contributed by atoms with Crippen LogP contribution in [0.3, 0.4) is 0 Å². The van der Waals surface area contributed by atoms with E-state index in [0.29, 0.717) is 28.9 Å². The summed E-state index contributed by atoms with van der Waals surface area (Å²) in [4.78, 5) is 14.7. The molecule has 1 amide bonds. The maximum atomic E-state index is 12.3. The standard InChI is InChI=1S/C16H21ClN6O/c1-12-4-2-3-8-22(12)9-7-18-16(24)14-6-5-13(10-15(14)17)23-11-19-20-21-23/h5-6,10-12H,2-4,7-9H2,1H3,(H,18,24)/t12-/m0/s1. The van der Waals surface area contributed by atoms with Gasteiger partial charge in [-0.2, -0.15) is 0 Å². The number of carbonyl (C=O) groups excluding carboxylic acids is 1. The average molecular weight is 349 g/mol. The Kier molecular flexibility index (Phi) is 5.42. The second-order valence-electron chi connectivity index (χ2n) is 6.06. The molecular formula is C16H21ClN6O. The Morgan fingerprint density at radius 3 is 3.00 bits per heavy atom. The van der Waals surface area contributed by atoms with Crippen molar-refractivity contribution in [3.63, 3.8) is 0 Å². The van der Waals surface area contributed by atoms with E-state index >= 15 is 0 Å². The zero-order chi connectivity index (χ0) is 16.9. The van der Waals surface area contributed by atoms with Gasteiger partial charge in [0.2, 0.25) is 0 Å². The fourth-order valence-corrected chi connectivity index (χ4v) is 3.27. The van der Waals surface area contributed by atoms with Gasteiger partial charge in [0.25, 0.3) is 5.91 Å². The molecule has 0 bridgehead atoms. The minimum absolute atomic E-state index is 0.159. The topological polar surface area (TPSA) is 75.9 Å². The monoisotopic (exact) mass is 348 g/mol. The molecule has 8 heteroatoms. The molecule has 1 aliphatic rings. The summed E-state index contributed by atoms with van der Waals surface area (Å²) in [5.41, 5.74) is 1.17. The highest BCUT2D eigenvalue weighted by Crippen LogP contribution is 2.20. The van der Waals surface area contributed by atoms with Crippen LogP contribution in [0.5, 0.6) is 0 Å². The van der Waals surface area contributed by atoms with Gasteiger partial charge in [0.15, 0.2) is 0 Å². The predicted octanol–water partition coefficient (Wildman–Crippen LogP) is 1.92. The molecule has 128 valence electrons. The number of carbonyl (C=O) groups is 1. The van der Waals surface area contributed by atoms with Crippen molar-refractivity contribution < 1.29 is 4.79 Å². The Morgan fingerprint density at radius 1 is 1.42 bits per heavy atom. The molecule has 1 aromatic heterocycles. The number of likely N-dealkylation sites (tertiary alicyclic amines) is 1. The maximum absolute atomic E-state index is 12.3. The van der Waals surface area contributed by atoms with Crippen molar-refractivity contribution in [2.24, 2.45) is 0 Å². The molecule has 1 fully saturated rings. The first kappa shape index (κ1) is 16.9. The molecule has 0 saturated carbocycles. The molecule has 0 unspecified atom stereocenters. The minimum atomic E-state index is -0.159. The van der Waals surface area contributed by atoms with Gasteiger partial charge in [0, 0.05) is 19.1 Å². The van der Waals surface area contributed by atoms with Gasteiger partial charge in [-0.3, -0.25) is 9.69 Å². The van der Waals surface area contributed by atoms with E-state index in [9.17, 15) is 4.79 Å². The van der Waals surface area contributed by atoms with E-state index in [1.165, 1.54) is 30.3 Å². The molecule has 3 rings (SSSR count). The average Bonchev–Trinajstić information content (AvgIpc) is 3.11. The summed E-state index contributed by atoms with van der Waals surface area (Å²) in [5, 5.41) is 14.3. The van der Waals surface area contributed by atoms with Crippen LogP contribution in [0.4, 0.5) is 0 Å². The summed E-state index contributed by atoms with van der Waals surface area (Å²) in [6.07, 6.45) is 5.25. The van der Waals surface area contributed by atoms with Crippen molar-refractivity contribution in [2.45, 2.75) is 32.2 Å². The van der Waals surface area contributed by atoms with Crippen LogP contribution in [0.2, 0.25) is 5.02 Å². The number of aromatic nitrogens is 4. The Morgan fingerprint density at radius 2 is 2.29 bits per heavy atom. The first-order valence-corrected chi connectivity index (χ1v) is 8.58. The SMILES string of the molecule is C[C@H]1CCCCN1CCNC(=O)c1ccc(-n2cnnn2)cc1Cl. The number of hydrogen-bond donors (Lipinski definition) is 1. The lowest BCUT2D eigenvalue weighted by Crippen LogP contribution is -2.42. The highest BCUT2D eigenvalue weighted by molar-refractivity contribution is 6.34. The lowest BCUT2D eigenvalue weighted by atomic mass is 10.0. The molecule has 2 aromatic rings. The van der Waals surface area contributed by atoms with Gasteiger partial charge >= 0.3 is 0 Å². The van der Waals surface area contributed by atoms with Gasteiger partial charge in [0.1, 0.15) is 6.33 Å². The van der Waals surface area contributed by atoms with Crippen LogP contribution in [-0.2, 0) is 0 Å². The number of piperidine rings is 1. The fraction of sp³-hybridized carbons (Fsp3) is 0.500. The minimum Gasteiger partial charge on any atom is -0.351 e. The van der Waals surface area contributed by atoms with Gasteiger partial charge in [-0.15, -0.1) is 5.10 Å². The lowest BCUT2D eigenvalue weighted by molar-refractivity contribution is 0.0938. The number of hydrogen-bond acceptors (Lipinski definition) is 5. The number of amides is 1. The number of benzene rings is 1. The van der Waals surface area contributed by atoms with Gasteiger partial charge in [-0.05, 0) is 54.9 Å². The normalized spacial score (nSPS) is 18.5. The Hall–Kier alpha value is -1.99. The summed E-state index contributed by atoms with van der Waals surface area (Å²) < 4.78 is 1.49. The molecule has 0 radical (unpaired) electrons. The van der Waals surface area contributed by atoms with Crippen LogP contribution in [-0.4, -0.2) is 56.7 Å². The van der Waals surface area contributed by atoms with Crippen LogP contribution in [0.1, 0.15) is 36.5 Å². The van der Waals surface area contributed by atoms with E-state index in [2.05, 4.69) is 32.7 Å². The molecule has 1 atom stereocenters. The van der Waals surface area contributed by atoms with Crippen molar-refractivity contribution >= 4 is 17.5 Å². The van der Waals surface area contributed by atoms with Crippen molar-refractivity contribution in [2.75, 3.05) is 19.6 Å². The molecule has 1 N–H and O–H groups in total. The van der Waals surface area contributed by atoms with Crippen molar-refractivity contribution in [3.05, 3.63) is 35.1 Å². The van der Waals surface area contributed by atoms with E-state index in [1.54, 1.807) is 18.2 Å². The van der Waals surface area contributed by atoms with Gasteiger partial charge in [0.05, 0.1) is 16.3 Å². The molecule has 7 nitrogen and oxygen atoms in total. The summed E-state index contributed by atoms with van der Waals surface area (Å²) in [6.45, 7) is 4.84. The summed E-state index contributed by atoms with van der Waals surface area (Å²) in [7, 11) is 0. The number of nitrogens with one attached hydrogen (secondary N) is 1. The van der Waals surface area contributed by atoms with E-state index < -0.39 is 0 Å². The number of halogens is 1. The largest absolute Gasteiger partial charge is 0.351 e. The molecule has 0 aliphatic carbocycles. The van der Waals surface area contributed by atoms with Crippen molar-refractivity contribution in [3.8, 4) is 5.69 Å². The third-order valence-corrected chi connectivity index (χ3v) is 4.75. The van der Waals surface area contributed by atoms with E-state index in [4.69, 9.17) is 11.6 Å². The van der Waals surface area contributed by atoms with Crippen LogP contribution in [0.25, 0.3) is 5.69 Å². The van der Waals surface area contributed by atoms with E-state index in [0.717, 1.165) is 13.1 Å². The van der Waals surface area contributed by atoms with Gasteiger partial charge in [-0.1, -0.05) is 18.0 Å². The molecular weight excluding hydrogens is 328 g/mol. The number of tetrazole rings is 1. The third kappa shape index (κ3) is 3.91. The molecule has 2 heterocycles. The summed E-state index contributed by atoms with van der Waals surface area (Å²) >= 11 is 6.24. The van der Waals surface area contributed by atoms with Crippen LogP contribution < -0.4 is 5.32 Å². The van der Waals surface area contributed by atoms with Crippen molar-refractivity contribution in [1.82, 2.24) is 30.4 Å². The zero-order valence-corrected chi connectivity index (χ0v) is 14.4. The summed E-state index contributed by atoms with van der Waals surface area (Å²) in [5.74, 6) is -0.159. The predicted molar refractivity (Wildman–Crippen MR) is 91.4 cm³/mol. The first-order chi connectivity index (χ1) is 11.6. The van der Waals surface area contributed by atoms with Crippen LogP contribution in [0, 0.1) is 0 Å². The van der Waals surface area contributed by atoms with Crippen molar-refractivity contribution in [1.29, 1.82) is 0 Å². The lowest BCUT2D eigenvalue weighted by Gasteiger charge is -2.33. The van der Waals surface area contributed by atoms with E-state index in [1.807, 2.05) is 0 Å². The number of nitrogens with zero attached hydrogens (tertiary/aromatic N) is 5. The summed E-state index contributed by atoms with van der Waals surface area (Å²) in [6, 6.07) is 5.73. The smallest absolute Gasteiger partial charge is 0.252 e. The van der Waals surface area contributed by atoms with E-state index in [-0.39, 0.29) is 5.91 Å². The third-order valence-electron chi connectivity index (χ3n) is 4.44. The fourth-order valence-electron chi connectivity index (χ4n) is 3.01. The Labute approximate surface area is 146 Å².